The van der Waals surface area contributed by atoms with Gasteiger partial charge in [0.1, 0.15) is 5.69 Å². The van der Waals surface area contributed by atoms with Gasteiger partial charge in [-0.25, -0.2) is 0 Å². The smallest absolute Gasteiger partial charge is 0.268 e. The third-order valence-corrected chi connectivity index (χ3v) is 4.51. The molecule has 0 radical (unpaired) electrons. The van der Waals surface area contributed by atoms with Crippen LogP contribution in [-0.2, 0) is 14.1 Å². The summed E-state index contributed by atoms with van der Waals surface area (Å²) in [5, 5.41) is 4.50. The van der Waals surface area contributed by atoms with E-state index in [1.165, 1.54) is 0 Å². The Kier molecular flexibility index (Phi) is 3.72. The van der Waals surface area contributed by atoms with Gasteiger partial charge in [-0.1, -0.05) is 25.1 Å². The van der Waals surface area contributed by atoms with Gasteiger partial charge in [0.2, 0.25) is 0 Å². The molecule has 3 aromatic rings. The first-order valence-electron chi connectivity index (χ1n) is 7.83. The van der Waals surface area contributed by atoms with Crippen LogP contribution < -0.4 is 10.9 Å². The van der Waals surface area contributed by atoms with Gasteiger partial charge in [0.25, 0.3) is 11.5 Å². The van der Waals surface area contributed by atoms with Crippen LogP contribution in [0.25, 0.3) is 21.8 Å². The van der Waals surface area contributed by atoms with E-state index in [1.54, 1.807) is 17.7 Å². The number of aromatic nitrogens is 2. The Morgan fingerprint density at radius 3 is 2.57 bits per heavy atom. The van der Waals surface area contributed by atoms with E-state index in [1.807, 2.05) is 49.7 Å². The zero-order valence-electron chi connectivity index (χ0n) is 13.9. The van der Waals surface area contributed by atoms with E-state index in [2.05, 4.69) is 5.32 Å². The Bertz CT molecular complexity index is 966. The Morgan fingerprint density at radius 2 is 1.87 bits per heavy atom. The summed E-state index contributed by atoms with van der Waals surface area (Å²) in [6.45, 7) is 3.99. The molecule has 0 saturated carbocycles. The van der Waals surface area contributed by atoms with E-state index in [0.717, 1.165) is 22.8 Å². The second-order valence-corrected chi connectivity index (χ2v) is 6.01. The summed E-state index contributed by atoms with van der Waals surface area (Å²) in [6.07, 6.45) is 0.861. The zero-order chi connectivity index (χ0) is 16.7. The number of carbonyl (C=O) groups excluding carboxylic acids is 1. The third-order valence-electron chi connectivity index (χ3n) is 4.51. The van der Waals surface area contributed by atoms with E-state index < -0.39 is 0 Å². The Balaban J connectivity index is 2.31. The maximum atomic E-state index is 12.6. The number of nitrogens with one attached hydrogen (secondary N) is 1. The molecule has 0 spiro atoms. The highest BCUT2D eigenvalue weighted by molar-refractivity contribution is 6.08. The van der Waals surface area contributed by atoms with Crippen LogP contribution in [0.2, 0.25) is 0 Å². The molecule has 0 aliphatic heterocycles. The number of para-hydroxylation sites is 1. The van der Waals surface area contributed by atoms with Crippen molar-refractivity contribution in [3.8, 4) is 0 Å². The fourth-order valence-corrected chi connectivity index (χ4v) is 2.97. The van der Waals surface area contributed by atoms with Gasteiger partial charge in [-0.2, -0.15) is 0 Å². The average Bonchev–Trinajstić information content (AvgIpc) is 2.90. The molecule has 5 heteroatoms. The molecule has 120 valence electrons. The number of benzene rings is 1. The van der Waals surface area contributed by atoms with Gasteiger partial charge < -0.3 is 14.5 Å². The highest BCUT2D eigenvalue weighted by atomic mass is 16.2. The van der Waals surface area contributed by atoms with Crippen LogP contribution in [0, 0.1) is 0 Å². The highest BCUT2D eigenvalue weighted by Gasteiger charge is 2.19. The molecule has 0 bridgehead atoms. The molecule has 2 heterocycles. The summed E-state index contributed by atoms with van der Waals surface area (Å²) in [5.41, 5.74) is 2.09. The summed E-state index contributed by atoms with van der Waals surface area (Å²) in [7, 11) is 3.59. The number of hydrogen-bond acceptors (Lipinski definition) is 2. The zero-order valence-corrected chi connectivity index (χ0v) is 13.9. The fraction of sp³-hybridized carbons (Fsp3) is 0.333. The average molecular weight is 311 g/mol. The summed E-state index contributed by atoms with van der Waals surface area (Å²) < 4.78 is 3.45. The van der Waals surface area contributed by atoms with Gasteiger partial charge in [-0.3, -0.25) is 9.59 Å². The molecule has 0 fully saturated rings. The van der Waals surface area contributed by atoms with Crippen molar-refractivity contribution in [2.45, 2.75) is 26.3 Å². The minimum Gasteiger partial charge on any atom is -0.348 e. The second kappa shape index (κ2) is 5.57. The molecule has 1 N–H and O–H groups in total. The molecule has 1 aromatic carbocycles. The van der Waals surface area contributed by atoms with Crippen molar-refractivity contribution in [2.75, 3.05) is 0 Å². The molecule has 1 amide bonds. The summed E-state index contributed by atoms with van der Waals surface area (Å²) >= 11 is 0. The van der Waals surface area contributed by atoms with Gasteiger partial charge in [0.05, 0.1) is 16.4 Å². The summed E-state index contributed by atoms with van der Waals surface area (Å²) in [4.78, 5) is 25.1. The minimum absolute atomic E-state index is 0.0862. The minimum atomic E-state index is -0.149. The first kappa shape index (κ1) is 15.3. The van der Waals surface area contributed by atoms with Crippen LogP contribution in [0.5, 0.6) is 0 Å². The van der Waals surface area contributed by atoms with Crippen LogP contribution in [0.1, 0.15) is 30.8 Å². The SMILES string of the molecule is CCC(C)NC(=O)c1cc2c(=O)n(C)c3ccccc3c2n1C. The van der Waals surface area contributed by atoms with Gasteiger partial charge in [0, 0.05) is 25.5 Å². The topological polar surface area (TPSA) is 56.0 Å². The lowest BCUT2D eigenvalue weighted by Crippen LogP contribution is -2.33. The molecule has 1 atom stereocenters. The van der Waals surface area contributed by atoms with E-state index in [0.29, 0.717) is 11.1 Å². The fourth-order valence-electron chi connectivity index (χ4n) is 2.97. The molecule has 0 aliphatic carbocycles. The number of carbonyl (C=O) groups is 1. The van der Waals surface area contributed by atoms with Gasteiger partial charge in [-0.05, 0) is 25.5 Å². The normalized spacial score (nSPS) is 12.7. The number of aryl methyl sites for hydroxylation is 2. The Morgan fingerprint density at radius 1 is 1.17 bits per heavy atom. The molecule has 3 rings (SSSR count). The van der Waals surface area contributed by atoms with Gasteiger partial charge in [0.15, 0.2) is 0 Å². The largest absolute Gasteiger partial charge is 0.348 e. The van der Waals surface area contributed by atoms with Crippen molar-refractivity contribution < 1.29 is 4.79 Å². The number of rotatable bonds is 3. The number of amides is 1. The number of fused-ring (bicyclic) bond motifs is 3. The molecule has 0 saturated heterocycles. The molecule has 5 nitrogen and oxygen atoms in total. The van der Waals surface area contributed by atoms with Crippen molar-refractivity contribution in [2.24, 2.45) is 14.1 Å². The molecular weight excluding hydrogens is 290 g/mol. The molecule has 0 aliphatic rings. The number of nitrogens with zero attached hydrogens (tertiary/aromatic N) is 2. The van der Waals surface area contributed by atoms with E-state index in [4.69, 9.17) is 0 Å². The van der Waals surface area contributed by atoms with Crippen LogP contribution in [0.3, 0.4) is 0 Å². The van der Waals surface area contributed by atoms with Crippen LogP contribution in [-0.4, -0.2) is 21.1 Å². The molecule has 23 heavy (non-hydrogen) atoms. The standard InChI is InChI=1S/C18H21N3O2/c1-5-11(2)19-17(22)15-10-13-16(20(15)3)12-8-6-7-9-14(12)21(4)18(13)23/h6-11H,5H2,1-4H3,(H,19,22). The number of pyridine rings is 1. The molecular formula is C18H21N3O2. The predicted octanol–water partition coefficient (Wildman–Crippen LogP) is 2.56. The van der Waals surface area contributed by atoms with E-state index in [-0.39, 0.29) is 17.5 Å². The first-order valence-corrected chi connectivity index (χ1v) is 7.83. The predicted molar refractivity (Wildman–Crippen MR) is 92.9 cm³/mol. The number of hydrogen-bond donors (Lipinski definition) is 1. The monoisotopic (exact) mass is 311 g/mol. The van der Waals surface area contributed by atoms with Gasteiger partial charge >= 0.3 is 0 Å². The lowest BCUT2D eigenvalue weighted by Gasteiger charge is -2.12. The van der Waals surface area contributed by atoms with Crippen molar-refractivity contribution in [3.63, 3.8) is 0 Å². The quantitative estimate of drug-likeness (QED) is 0.808. The lowest BCUT2D eigenvalue weighted by molar-refractivity contribution is 0.0931. The maximum absolute atomic E-state index is 12.6. The van der Waals surface area contributed by atoms with Crippen LogP contribution >= 0.6 is 0 Å². The van der Waals surface area contributed by atoms with E-state index >= 15 is 0 Å². The van der Waals surface area contributed by atoms with Gasteiger partial charge in [-0.15, -0.1) is 0 Å². The third kappa shape index (κ3) is 2.32. The van der Waals surface area contributed by atoms with Crippen molar-refractivity contribution in [3.05, 3.63) is 46.4 Å². The van der Waals surface area contributed by atoms with Crippen molar-refractivity contribution >= 4 is 27.7 Å². The van der Waals surface area contributed by atoms with Crippen molar-refractivity contribution in [1.29, 1.82) is 0 Å². The van der Waals surface area contributed by atoms with Crippen molar-refractivity contribution in [1.82, 2.24) is 14.5 Å². The Hall–Kier alpha value is -2.56. The molecule has 1 unspecified atom stereocenters. The summed E-state index contributed by atoms with van der Waals surface area (Å²) in [6, 6.07) is 9.54. The van der Waals surface area contributed by atoms with E-state index in [9.17, 15) is 9.59 Å². The highest BCUT2D eigenvalue weighted by Crippen LogP contribution is 2.24. The van der Waals surface area contributed by atoms with Crippen LogP contribution in [0.15, 0.2) is 35.1 Å². The second-order valence-electron chi connectivity index (χ2n) is 6.01. The summed E-state index contributed by atoms with van der Waals surface area (Å²) in [5.74, 6) is -0.149. The lowest BCUT2D eigenvalue weighted by atomic mass is 10.1. The molecule has 2 aromatic heterocycles. The maximum Gasteiger partial charge on any atom is 0.268 e. The first-order chi connectivity index (χ1) is 11.0. The van der Waals surface area contributed by atoms with Crippen LogP contribution in [0.4, 0.5) is 0 Å². The Labute approximate surface area is 134 Å².